The first-order chi connectivity index (χ1) is 17.2. The molecule has 10 nitrogen and oxygen atoms in total. The quantitative estimate of drug-likeness (QED) is 0.333. The summed E-state index contributed by atoms with van der Waals surface area (Å²) in [5.74, 6) is -2.09. The number of primary amides is 1. The van der Waals surface area contributed by atoms with E-state index in [1.54, 1.807) is 48.5 Å². The van der Waals surface area contributed by atoms with Crippen molar-refractivity contribution in [3.8, 4) is 0 Å². The lowest BCUT2D eigenvalue weighted by Crippen LogP contribution is -2.40. The number of fused-ring (bicyclic) bond motifs is 1. The highest BCUT2D eigenvalue weighted by Gasteiger charge is 2.37. The van der Waals surface area contributed by atoms with Crippen LogP contribution < -0.4 is 21.7 Å². The number of hydrogen-bond acceptors (Lipinski definition) is 6. The smallest absolute Gasteiger partial charge is 0.315 e. The molecule has 1 aromatic heterocycles. The summed E-state index contributed by atoms with van der Waals surface area (Å²) in [5, 5.41) is 7.61. The highest BCUT2D eigenvalue weighted by molar-refractivity contribution is 7.18. The second kappa shape index (κ2) is 10.6. The average molecular weight is 526 g/mol. The van der Waals surface area contributed by atoms with Crippen molar-refractivity contribution in [1.29, 1.82) is 0 Å². The maximum Gasteiger partial charge on any atom is 0.315 e. The lowest BCUT2D eigenvalue weighted by Gasteiger charge is -2.15. The van der Waals surface area contributed by atoms with Gasteiger partial charge in [-0.1, -0.05) is 41.9 Å². The minimum Gasteiger partial charge on any atom is -0.368 e. The molecule has 12 heteroatoms. The van der Waals surface area contributed by atoms with E-state index >= 15 is 0 Å². The number of anilines is 1. The Hall–Kier alpha value is -4.22. The van der Waals surface area contributed by atoms with Crippen molar-refractivity contribution >= 4 is 58.3 Å². The van der Waals surface area contributed by atoms with Gasteiger partial charge in [0, 0.05) is 6.54 Å². The maximum atomic E-state index is 13.2. The van der Waals surface area contributed by atoms with Crippen LogP contribution in [-0.4, -0.2) is 41.1 Å². The van der Waals surface area contributed by atoms with Crippen molar-refractivity contribution in [2.45, 2.75) is 13.1 Å². The number of carbonyl (C=O) groups is 5. The van der Waals surface area contributed by atoms with Gasteiger partial charge in [-0.25, -0.2) is 4.79 Å². The number of imide groups is 1. The van der Waals surface area contributed by atoms with Crippen LogP contribution in [0, 0.1) is 0 Å². The number of urea groups is 1. The van der Waals surface area contributed by atoms with Crippen LogP contribution >= 0.6 is 22.9 Å². The summed E-state index contributed by atoms with van der Waals surface area (Å²) in [5.41, 5.74) is 6.95. The summed E-state index contributed by atoms with van der Waals surface area (Å²) in [6, 6.07) is 14.3. The Morgan fingerprint density at radius 3 is 2.42 bits per heavy atom. The fraction of sp³-hybridized carbons (Fsp3) is 0.125. The molecule has 6 amide bonds. The van der Waals surface area contributed by atoms with Gasteiger partial charge in [-0.05, 0) is 35.4 Å². The number of hydrogen-bond donors (Lipinski definition) is 4. The fourth-order valence-electron chi connectivity index (χ4n) is 3.63. The van der Waals surface area contributed by atoms with E-state index in [1.165, 1.54) is 6.07 Å². The third kappa shape index (κ3) is 5.53. The number of nitrogens with one attached hydrogen (secondary N) is 3. The summed E-state index contributed by atoms with van der Waals surface area (Å²) in [6.07, 6.45) is 0. The van der Waals surface area contributed by atoms with Gasteiger partial charge in [0.2, 0.25) is 5.91 Å². The van der Waals surface area contributed by atoms with Gasteiger partial charge >= 0.3 is 6.03 Å². The van der Waals surface area contributed by atoms with E-state index in [1.807, 2.05) is 0 Å². The van der Waals surface area contributed by atoms with E-state index in [9.17, 15) is 24.0 Å². The molecule has 184 valence electrons. The van der Waals surface area contributed by atoms with Gasteiger partial charge < -0.3 is 21.7 Å². The molecular formula is C24H20ClN5O5S. The molecule has 0 radical (unpaired) electrons. The standard InChI is InChI=1S/C24H20ClN5O5S/c25-18-8-7-17(36-18)21(32)29-16-6-2-5-15-20(16)23(34)30(22(15)33)12-14-4-1-3-13(9-14)10-27-24(35)28-11-19(26)31/h1-9H,10-12H2,(H2,26,31)(H,29,32)(H2,27,28,35). The molecule has 0 atom stereocenters. The molecule has 5 N–H and O–H groups in total. The van der Waals surface area contributed by atoms with E-state index in [0.717, 1.165) is 21.8 Å². The Morgan fingerprint density at radius 1 is 0.944 bits per heavy atom. The highest BCUT2D eigenvalue weighted by Crippen LogP contribution is 2.31. The zero-order chi connectivity index (χ0) is 25.8. The van der Waals surface area contributed by atoms with E-state index in [0.29, 0.717) is 14.8 Å². The molecule has 0 unspecified atom stereocenters. The number of rotatable bonds is 8. The van der Waals surface area contributed by atoms with Crippen LogP contribution in [0.5, 0.6) is 0 Å². The summed E-state index contributed by atoms with van der Waals surface area (Å²) < 4.78 is 0.458. The first-order valence-electron chi connectivity index (χ1n) is 10.7. The zero-order valence-electron chi connectivity index (χ0n) is 18.7. The van der Waals surface area contributed by atoms with Crippen LogP contribution in [0.1, 0.15) is 41.5 Å². The van der Waals surface area contributed by atoms with Crippen LogP contribution in [0.2, 0.25) is 4.34 Å². The molecule has 1 aliphatic heterocycles. The number of thiophene rings is 1. The molecule has 0 saturated heterocycles. The molecule has 0 fully saturated rings. The van der Waals surface area contributed by atoms with Crippen molar-refractivity contribution < 1.29 is 24.0 Å². The topological polar surface area (TPSA) is 151 Å². The molecule has 2 aromatic carbocycles. The fourth-order valence-corrected chi connectivity index (χ4v) is 4.57. The highest BCUT2D eigenvalue weighted by atomic mass is 35.5. The minimum absolute atomic E-state index is 0.00196. The molecular weight excluding hydrogens is 506 g/mol. The monoisotopic (exact) mass is 525 g/mol. The minimum atomic E-state index is -0.660. The van der Waals surface area contributed by atoms with Crippen LogP contribution in [0.15, 0.2) is 54.6 Å². The Kier molecular flexibility index (Phi) is 7.32. The lowest BCUT2D eigenvalue weighted by atomic mass is 10.1. The van der Waals surface area contributed by atoms with Crippen LogP contribution in [-0.2, 0) is 17.9 Å². The summed E-state index contributed by atoms with van der Waals surface area (Å²) in [7, 11) is 0. The maximum absolute atomic E-state index is 13.2. The number of amides is 6. The van der Waals surface area contributed by atoms with Crippen LogP contribution in [0.4, 0.5) is 10.5 Å². The van der Waals surface area contributed by atoms with Crippen molar-refractivity contribution in [1.82, 2.24) is 15.5 Å². The largest absolute Gasteiger partial charge is 0.368 e. The molecule has 4 rings (SSSR count). The van der Waals surface area contributed by atoms with Crippen molar-refractivity contribution in [3.05, 3.63) is 86.1 Å². The Balaban J connectivity index is 1.46. The van der Waals surface area contributed by atoms with Gasteiger partial charge in [0.1, 0.15) is 0 Å². The summed E-state index contributed by atoms with van der Waals surface area (Å²) >= 11 is 7.01. The van der Waals surface area contributed by atoms with Gasteiger partial charge in [-0.15, -0.1) is 11.3 Å². The molecule has 0 saturated carbocycles. The van der Waals surface area contributed by atoms with Crippen LogP contribution in [0.3, 0.4) is 0 Å². The van der Waals surface area contributed by atoms with Crippen LogP contribution in [0.25, 0.3) is 0 Å². The number of nitrogens with two attached hydrogens (primary N) is 1. The van der Waals surface area contributed by atoms with Crippen molar-refractivity contribution in [2.24, 2.45) is 5.73 Å². The second-order valence-corrected chi connectivity index (χ2v) is 9.52. The Bertz CT molecular complexity index is 1390. The lowest BCUT2D eigenvalue weighted by molar-refractivity contribution is -0.117. The molecule has 36 heavy (non-hydrogen) atoms. The first-order valence-corrected chi connectivity index (χ1v) is 11.9. The Morgan fingerprint density at radius 2 is 1.69 bits per heavy atom. The third-order valence-electron chi connectivity index (χ3n) is 5.25. The average Bonchev–Trinajstić information content (AvgIpc) is 3.39. The predicted octanol–water partition coefficient (Wildman–Crippen LogP) is 2.73. The molecule has 1 aliphatic rings. The number of carbonyl (C=O) groups excluding carboxylic acids is 5. The van der Waals surface area contributed by atoms with Crippen molar-refractivity contribution in [3.63, 3.8) is 0 Å². The Labute approximate surface area is 214 Å². The zero-order valence-corrected chi connectivity index (χ0v) is 20.2. The van der Waals surface area contributed by atoms with E-state index in [-0.39, 0.29) is 36.4 Å². The van der Waals surface area contributed by atoms with Gasteiger partial charge in [0.25, 0.3) is 17.7 Å². The number of benzene rings is 2. The first kappa shape index (κ1) is 24.9. The second-order valence-electron chi connectivity index (χ2n) is 7.80. The van der Waals surface area contributed by atoms with E-state index < -0.39 is 29.7 Å². The normalized spacial score (nSPS) is 12.3. The molecule has 3 aromatic rings. The molecule has 0 aliphatic carbocycles. The molecule has 0 bridgehead atoms. The molecule has 2 heterocycles. The van der Waals surface area contributed by atoms with Gasteiger partial charge in [-0.3, -0.25) is 24.1 Å². The van der Waals surface area contributed by atoms with Gasteiger partial charge in [0.15, 0.2) is 0 Å². The summed E-state index contributed by atoms with van der Waals surface area (Å²) in [4.78, 5) is 62.8. The van der Waals surface area contributed by atoms with Gasteiger partial charge in [0.05, 0.1) is 39.1 Å². The number of nitrogens with zero attached hydrogens (tertiary/aromatic N) is 1. The molecule has 0 spiro atoms. The van der Waals surface area contributed by atoms with E-state index in [4.69, 9.17) is 17.3 Å². The predicted molar refractivity (Wildman–Crippen MR) is 134 cm³/mol. The SMILES string of the molecule is NC(=O)CNC(=O)NCc1cccc(CN2C(=O)c3cccc(NC(=O)c4ccc(Cl)s4)c3C2=O)c1. The summed E-state index contributed by atoms with van der Waals surface area (Å²) in [6.45, 7) is -0.124. The third-order valence-corrected chi connectivity index (χ3v) is 6.48. The van der Waals surface area contributed by atoms with E-state index in [2.05, 4.69) is 16.0 Å². The van der Waals surface area contributed by atoms with Gasteiger partial charge in [-0.2, -0.15) is 0 Å². The number of halogens is 1. The van der Waals surface area contributed by atoms with Crippen molar-refractivity contribution in [2.75, 3.05) is 11.9 Å².